The van der Waals surface area contributed by atoms with E-state index in [-0.39, 0.29) is 54.1 Å². The second-order valence-electron chi connectivity index (χ2n) is 12.6. The molecule has 5 atom stereocenters. The van der Waals surface area contributed by atoms with Crippen LogP contribution in [0.1, 0.15) is 65.7 Å². The number of carbonyl (C=O) groups is 5. The van der Waals surface area contributed by atoms with Crippen LogP contribution < -0.4 is 21.3 Å². The fraction of sp³-hybridized carbons (Fsp3) is 0.656. The van der Waals surface area contributed by atoms with Crippen molar-refractivity contribution in [2.24, 2.45) is 0 Å². The van der Waals surface area contributed by atoms with Crippen LogP contribution in [0.2, 0.25) is 0 Å². The van der Waals surface area contributed by atoms with Crippen LogP contribution >= 0.6 is 0 Å². The van der Waals surface area contributed by atoms with Crippen molar-refractivity contribution in [2.45, 2.75) is 95.9 Å². The molecule has 45 heavy (non-hydrogen) atoms. The van der Waals surface area contributed by atoms with E-state index in [1.165, 1.54) is 0 Å². The number of likely N-dealkylation sites (N-methyl/N-ethyl adjacent to an activating group) is 1. The molecule has 1 aromatic rings. The van der Waals surface area contributed by atoms with Crippen LogP contribution in [0.25, 0.3) is 0 Å². The van der Waals surface area contributed by atoms with E-state index in [4.69, 9.17) is 0 Å². The Bertz CT molecular complexity index is 1200. The van der Waals surface area contributed by atoms with Crippen LogP contribution in [-0.2, 0) is 14.4 Å². The Morgan fingerprint density at radius 3 is 2.40 bits per heavy atom. The highest BCUT2D eigenvalue weighted by molar-refractivity contribution is 5.92. The maximum Gasteiger partial charge on any atom is 0.321 e. The van der Waals surface area contributed by atoms with Crippen LogP contribution in [0.15, 0.2) is 24.3 Å². The Morgan fingerprint density at radius 2 is 1.71 bits per heavy atom. The van der Waals surface area contributed by atoms with Gasteiger partial charge in [-0.1, -0.05) is 0 Å². The van der Waals surface area contributed by atoms with Gasteiger partial charge in [-0.15, -0.1) is 0 Å². The van der Waals surface area contributed by atoms with Gasteiger partial charge >= 0.3 is 12.1 Å². The van der Waals surface area contributed by atoms with E-state index in [2.05, 4.69) is 21.3 Å². The molecule has 4 rings (SSSR count). The molecule has 13 heteroatoms. The van der Waals surface area contributed by atoms with E-state index in [1.54, 1.807) is 48.0 Å². The molecule has 0 radical (unpaired) electrons. The lowest BCUT2D eigenvalue weighted by Gasteiger charge is -2.32. The first-order valence-electron chi connectivity index (χ1n) is 16.3. The zero-order valence-corrected chi connectivity index (χ0v) is 27.1. The molecule has 3 heterocycles. The predicted octanol–water partition coefficient (Wildman–Crippen LogP) is 2.65. The normalized spacial score (nSPS) is 23.0. The van der Waals surface area contributed by atoms with Crippen LogP contribution in [-0.4, -0.2) is 120 Å². The third-order valence-electron chi connectivity index (χ3n) is 9.40. The van der Waals surface area contributed by atoms with E-state index in [0.717, 1.165) is 45.1 Å². The molecule has 13 nitrogen and oxygen atoms in total. The van der Waals surface area contributed by atoms with Crippen molar-refractivity contribution in [1.82, 2.24) is 30.2 Å². The number of hydrogen-bond donors (Lipinski definition) is 4. The third kappa shape index (κ3) is 9.09. The summed E-state index contributed by atoms with van der Waals surface area (Å²) >= 11 is 0. The van der Waals surface area contributed by atoms with Gasteiger partial charge in [0.15, 0.2) is 0 Å². The van der Waals surface area contributed by atoms with Gasteiger partial charge in [-0.05, 0) is 90.6 Å². The molecule has 0 aromatic heterocycles. The molecule has 3 aliphatic heterocycles. The minimum Gasteiger partial charge on any atom is -0.351 e. The molecule has 0 bridgehead atoms. The smallest absolute Gasteiger partial charge is 0.321 e. The SMILES string of the molecule is CNC(C)C(=O)NC(C)CN(CCC1CCC(C)N1C=O)C(=O)Nc1ccc(NC(=O)N2CCC(=O)N3CCC[C@@H]3CC2)cc1. The summed E-state index contributed by atoms with van der Waals surface area (Å²) in [4.78, 5) is 70.3. The van der Waals surface area contributed by atoms with Crippen molar-refractivity contribution in [3.8, 4) is 0 Å². The van der Waals surface area contributed by atoms with Crippen LogP contribution in [0, 0.1) is 0 Å². The Balaban J connectivity index is 1.34. The van der Waals surface area contributed by atoms with Gasteiger partial charge in [0.2, 0.25) is 18.2 Å². The molecule has 0 saturated carbocycles. The lowest BCUT2D eigenvalue weighted by Crippen LogP contribution is -2.50. The van der Waals surface area contributed by atoms with Crippen LogP contribution in [0.5, 0.6) is 0 Å². The molecule has 7 amide bonds. The molecule has 3 fully saturated rings. The highest BCUT2D eigenvalue weighted by Gasteiger charge is 2.32. The number of nitrogens with one attached hydrogen (secondary N) is 4. The Kier molecular flexibility index (Phi) is 12.0. The van der Waals surface area contributed by atoms with Gasteiger partial charge in [-0.2, -0.15) is 0 Å². The monoisotopic (exact) mass is 626 g/mol. The molecule has 248 valence electrons. The molecule has 0 spiro atoms. The molecular weight excluding hydrogens is 576 g/mol. The second-order valence-corrected chi connectivity index (χ2v) is 12.6. The second kappa shape index (κ2) is 15.9. The number of anilines is 2. The Hall–Kier alpha value is -3.87. The quantitative estimate of drug-likeness (QED) is 0.278. The zero-order valence-electron chi connectivity index (χ0n) is 27.1. The largest absolute Gasteiger partial charge is 0.351 e. The fourth-order valence-corrected chi connectivity index (χ4v) is 6.53. The van der Waals surface area contributed by atoms with Crippen molar-refractivity contribution < 1.29 is 24.0 Å². The van der Waals surface area contributed by atoms with E-state index >= 15 is 0 Å². The van der Waals surface area contributed by atoms with E-state index < -0.39 is 0 Å². The van der Waals surface area contributed by atoms with Crippen molar-refractivity contribution in [3.05, 3.63) is 24.3 Å². The van der Waals surface area contributed by atoms with E-state index in [0.29, 0.717) is 50.4 Å². The minimum absolute atomic E-state index is 0.0636. The molecule has 4 N–H and O–H groups in total. The van der Waals surface area contributed by atoms with Crippen molar-refractivity contribution in [1.29, 1.82) is 0 Å². The zero-order chi connectivity index (χ0) is 32.5. The summed E-state index contributed by atoms with van der Waals surface area (Å²) in [6.45, 7) is 8.18. The number of urea groups is 2. The number of carbonyl (C=O) groups excluding carboxylic acids is 5. The molecule has 0 aliphatic carbocycles. The first-order chi connectivity index (χ1) is 21.6. The average molecular weight is 627 g/mol. The van der Waals surface area contributed by atoms with Gasteiger partial charge in [0.05, 0.1) is 6.04 Å². The van der Waals surface area contributed by atoms with E-state index in [1.807, 2.05) is 23.6 Å². The number of rotatable bonds is 11. The first-order valence-corrected chi connectivity index (χ1v) is 16.3. The van der Waals surface area contributed by atoms with Gasteiger partial charge in [-0.25, -0.2) is 9.59 Å². The number of nitrogens with zero attached hydrogens (tertiary/aromatic N) is 4. The number of hydrogen-bond acceptors (Lipinski definition) is 6. The van der Waals surface area contributed by atoms with Crippen molar-refractivity contribution >= 4 is 41.7 Å². The molecule has 1 aromatic carbocycles. The predicted molar refractivity (Wildman–Crippen MR) is 173 cm³/mol. The lowest BCUT2D eigenvalue weighted by molar-refractivity contribution is -0.133. The number of benzene rings is 1. The molecule has 3 saturated heterocycles. The molecular formula is C32H50N8O5. The summed E-state index contributed by atoms with van der Waals surface area (Å²) in [6.07, 6.45) is 6.48. The molecule has 3 aliphatic rings. The Labute approximate surface area is 266 Å². The number of fused-ring (bicyclic) bond motifs is 1. The summed E-state index contributed by atoms with van der Waals surface area (Å²) < 4.78 is 0. The van der Waals surface area contributed by atoms with Crippen LogP contribution in [0.4, 0.5) is 21.0 Å². The average Bonchev–Trinajstić information content (AvgIpc) is 3.63. The highest BCUT2D eigenvalue weighted by Crippen LogP contribution is 2.26. The van der Waals surface area contributed by atoms with Gasteiger partial charge in [0.1, 0.15) is 0 Å². The summed E-state index contributed by atoms with van der Waals surface area (Å²) in [5.74, 6) is -0.0325. The van der Waals surface area contributed by atoms with Crippen molar-refractivity contribution in [2.75, 3.05) is 50.4 Å². The Morgan fingerprint density at radius 1 is 1.00 bits per heavy atom. The summed E-state index contributed by atoms with van der Waals surface area (Å²) in [6, 6.07) is 6.17. The maximum absolute atomic E-state index is 13.5. The number of amides is 7. The van der Waals surface area contributed by atoms with Gasteiger partial charge < -0.3 is 40.9 Å². The molecule has 4 unspecified atom stereocenters. The van der Waals surface area contributed by atoms with Crippen LogP contribution in [0.3, 0.4) is 0 Å². The highest BCUT2D eigenvalue weighted by atomic mass is 16.2. The van der Waals surface area contributed by atoms with Crippen molar-refractivity contribution in [3.63, 3.8) is 0 Å². The summed E-state index contributed by atoms with van der Waals surface area (Å²) in [5, 5.41) is 11.7. The van der Waals surface area contributed by atoms with Gasteiger partial charge in [-0.3, -0.25) is 14.4 Å². The maximum atomic E-state index is 13.5. The van der Waals surface area contributed by atoms with Gasteiger partial charge in [0.25, 0.3) is 0 Å². The summed E-state index contributed by atoms with van der Waals surface area (Å²) in [7, 11) is 1.72. The standard InChI is InChI=1S/C32H50N8O5/c1-22(34-30(43)24(3)33-4)20-38(18-14-28-12-7-23(2)40(28)21-41)32(45)36-26-10-8-25(9-11-26)35-31(44)37-17-13-27-6-5-16-39(27)29(42)15-19-37/h8-11,21-24,27-28,33H,5-7,12-20H2,1-4H3,(H,34,43)(H,35,44)(H,36,45)/t22?,23?,24?,27-,28?/m1/s1. The minimum atomic E-state index is -0.362. The number of likely N-dealkylation sites (tertiary alicyclic amines) is 1. The van der Waals surface area contributed by atoms with E-state index in [9.17, 15) is 24.0 Å². The fourth-order valence-electron chi connectivity index (χ4n) is 6.53. The third-order valence-corrected chi connectivity index (χ3v) is 9.40. The first kappa shape index (κ1) is 34.0. The van der Waals surface area contributed by atoms with Gasteiger partial charge in [0, 0.05) is 74.7 Å². The lowest BCUT2D eigenvalue weighted by atomic mass is 10.1. The summed E-state index contributed by atoms with van der Waals surface area (Å²) in [5.41, 5.74) is 1.15. The topological polar surface area (TPSA) is 146 Å².